The predicted octanol–water partition coefficient (Wildman–Crippen LogP) is 1.04. The van der Waals surface area contributed by atoms with Crippen LogP contribution in [0, 0.1) is 0 Å². The van der Waals surface area contributed by atoms with Crippen LogP contribution in [0.25, 0.3) is 0 Å². The van der Waals surface area contributed by atoms with Crippen LogP contribution in [-0.4, -0.2) is 46.5 Å². The zero-order valence-electron chi connectivity index (χ0n) is 11.5. The number of hydrogen-bond donors (Lipinski definition) is 2. The quantitative estimate of drug-likeness (QED) is 0.629. The second-order valence-electron chi connectivity index (χ2n) is 5.77. The molecule has 2 aliphatic rings. The van der Waals surface area contributed by atoms with E-state index in [1.54, 1.807) is 0 Å². The van der Waals surface area contributed by atoms with Gasteiger partial charge in [-0.25, -0.2) is 10.8 Å². The predicted molar refractivity (Wildman–Crippen MR) is 76.5 cm³/mol. The molecule has 2 unspecified atom stereocenters. The van der Waals surface area contributed by atoms with Crippen molar-refractivity contribution < 1.29 is 0 Å². The van der Waals surface area contributed by atoms with Crippen LogP contribution in [0.4, 0.5) is 5.82 Å². The summed E-state index contributed by atoms with van der Waals surface area (Å²) < 4.78 is 0. The van der Waals surface area contributed by atoms with E-state index in [1.807, 2.05) is 12.3 Å². The third kappa shape index (κ3) is 2.73. The summed E-state index contributed by atoms with van der Waals surface area (Å²) in [5, 5.41) is 0. The highest BCUT2D eigenvalue weighted by Crippen LogP contribution is 2.25. The van der Waals surface area contributed by atoms with Crippen molar-refractivity contribution in [3.05, 3.63) is 23.9 Å². The van der Waals surface area contributed by atoms with Gasteiger partial charge in [-0.2, -0.15) is 0 Å². The third-order valence-corrected chi connectivity index (χ3v) is 4.42. The first kappa shape index (κ1) is 12.8. The summed E-state index contributed by atoms with van der Waals surface area (Å²) in [7, 11) is 0. The molecule has 0 amide bonds. The molecule has 0 aliphatic carbocycles. The van der Waals surface area contributed by atoms with Gasteiger partial charge < -0.3 is 5.43 Å². The summed E-state index contributed by atoms with van der Waals surface area (Å²) in [6.07, 6.45) is 4.64. The first-order valence-electron chi connectivity index (χ1n) is 7.16. The lowest BCUT2D eigenvalue weighted by atomic mass is 10.1. The molecule has 5 heteroatoms. The smallest absolute Gasteiger partial charge is 0.139 e. The molecule has 3 rings (SSSR count). The monoisotopic (exact) mass is 261 g/mol. The largest absolute Gasteiger partial charge is 0.308 e. The Bertz CT molecular complexity index is 418. The Hall–Kier alpha value is -1.17. The molecule has 1 aromatic rings. The van der Waals surface area contributed by atoms with Crippen LogP contribution in [0.15, 0.2) is 18.3 Å². The van der Waals surface area contributed by atoms with Gasteiger partial charge in [-0.3, -0.25) is 9.80 Å². The number of hydrogen-bond acceptors (Lipinski definition) is 5. The molecule has 2 saturated heterocycles. The summed E-state index contributed by atoms with van der Waals surface area (Å²) in [6, 6.07) is 5.44. The normalized spacial score (nSPS) is 28.3. The molecule has 19 heavy (non-hydrogen) atoms. The number of rotatable bonds is 3. The summed E-state index contributed by atoms with van der Waals surface area (Å²) in [4.78, 5) is 9.52. The van der Waals surface area contributed by atoms with E-state index in [-0.39, 0.29) is 0 Å². The molecular formula is C14H23N5. The maximum Gasteiger partial charge on any atom is 0.139 e. The number of piperazine rings is 1. The van der Waals surface area contributed by atoms with Crippen LogP contribution >= 0.6 is 0 Å². The van der Waals surface area contributed by atoms with E-state index in [0.717, 1.165) is 18.4 Å². The van der Waals surface area contributed by atoms with Gasteiger partial charge in [0.05, 0.1) is 0 Å². The van der Waals surface area contributed by atoms with E-state index in [2.05, 4.69) is 33.2 Å². The highest BCUT2D eigenvalue weighted by atomic mass is 15.3. The maximum absolute atomic E-state index is 5.34. The number of nitrogen functional groups attached to an aromatic ring is 1. The van der Waals surface area contributed by atoms with Crippen molar-refractivity contribution in [2.45, 2.75) is 38.4 Å². The maximum atomic E-state index is 5.34. The molecule has 0 bridgehead atoms. The molecule has 3 heterocycles. The standard InChI is InChI=1S/C14H23N5/c1-11-8-18-6-2-3-13(18)10-19(11)9-12-4-5-14(17-15)16-7-12/h4-5,7,11,13H,2-3,6,8-10,15H2,1H3,(H,16,17). The Morgan fingerprint density at radius 1 is 1.42 bits per heavy atom. The van der Waals surface area contributed by atoms with Crippen LogP contribution in [-0.2, 0) is 6.54 Å². The lowest BCUT2D eigenvalue weighted by molar-refractivity contribution is 0.0540. The van der Waals surface area contributed by atoms with Gasteiger partial charge in [-0.05, 0) is 37.9 Å². The van der Waals surface area contributed by atoms with Gasteiger partial charge in [0.25, 0.3) is 0 Å². The van der Waals surface area contributed by atoms with Gasteiger partial charge in [-0.15, -0.1) is 0 Å². The van der Waals surface area contributed by atoms with Crippen molar-refractivity contribution in [1.82, 2.24) is 14.8 Å². The topological polar surface area (TPSA) is 57.4 Å². The van der Waals surface area contributed by atoms with Gasteiger partial charge in [0, 0.05) is 37.9 Å². The number of fused-ring (bicyclic) bond motifs is 1. The molecule has 104 valence electrons. The van der Waals surface area contributed by atoms with E-state index < -0.39 is 0 Å². The molecule has 2 atom stereocenters. The molecule has 0 aromatic carbocycles. The van der Waals surface area contributed by atoms with Crippen molar-refractivity contribution in [2.24, 2.45) is 5.84 Å². The van der Waals surface area contributed by atoms with E-state index in [9.17, 15) is 0 Å². The summed E-state index contributed by atoms with van der Waals surface area (Å²) in [5.74, 6) is 6.06. The number of anilines is 1. The van der Waals surface area contributed by atoms with E-state index >= 15 is 0 Å². The molecule has 3 N–H and O–H groups in total. The van der Waals surface area contributed by atoms with Gasteiger partial charge in [-0.1, -0.05) is 6.07 Å². The Kier molecular flexibility index (Phi) is 3.68. The molecule has 0 spiro atoms. The first-order chi connectivity index (χ1) is 9.26. The van der Waals surface area contributed by atoms with E-state index in [1.165, 1.54) is 38.0 Å². The van der Waals surface area contributed by atoms with E-state index in [4.69, 9.17) is 5.84 Å². The van der Waals surface area contributed by atoms with Gasteiger partial charge in [0.1, 0.15) is 5.82 Å². The summed E-state index contributed by atoms with van der Waals surface area (Å²) in [5.41, 5.74) is 3.83. The minimum absolute atomic E-state index is 0.627. The Morgan fingerprint density at radius 3 is 3.05 bits per heavy atom. The fourth-order valence-corrected chi connectivity index (χ4v) is 3.31. The molecular weight excluding hydrogens is 238 g/mol. The number of nitrogens with one attached hydrogen (secondary N) is 1. The highest BCUT2D eigenvalue weighted by molar-refractivity contribution is 5.33. The number of pyridine rings is 1. The van der Waals surface area contributed by atoms with Gasteiger partial charge >= 0.3 is 0 Å². The molecule has 2 aliphatic heterocycles. The molecule has 0 radical (unpaired) electrons. The van der Waals surface area contributed by atoms with Crippen LogP contribution < -0.4 is 11.3 Å². The number of nitrogens with zero attached hydrogens (tertiary/aromatic N) is 3. The fourth-order valence-electron chi connectivity index (χ4n) is 3.31. The SMILES string of the molecule is CC1CN2CCCC2CN1Cc1ccc(NN)nc1. The van der Waals surface area contributed by atoms with Crippen molar-refractivity contribution >= 4 is 5.82 Å². The summed E-state index contributed by atoms with van der Waals surface area (Å²) in [6.45, 7) is 7.01. The Labute approximate surface area is 114 Å². The second-order valence-corrected chi connectivity index (χ2v) is 5.77. The lowest BCUT2D eigenvalue weighted by Gasteiger charge is -2.42. The Morgan fingerprint density at radius 2 is 2.32 bits per heavy atom. The first-order valence-corrected chi connectivity index (χ1v) is 7.16. The van der Waals surface area contributed by atoms with Crippen LogP contribution in [0.3, 0.4) is 0 Å². The molecule has 5 nitrogen and oxygen atoms in total. The van der Waals surface area contributed by atoms with Crippen LogP contribution in [0.5, 0.6) is 0 Å². The van der Waals surface area contributed by atoms with Crippen molar-refractivity contribution in [2.75, 3.05) is 25.1 Å². The van der Waals surface area contributed by atoms with Crippen molar-refractivity contribution in [3.8, 4) is 0 Å². The average Bonchev–Trinajstić information content (AvgIpc) is 2.87. The van der Waals surface area contributed by atoms with Gasteiger partial charge in [0.15, 0.2) is 0 Å². The zero-order valence-corrected chi connectivity index (χ0v) is 11.5. The van der Waals surface area contributed by atoms with E-state index in [0.29, 0.717) is 6.04 Å². The number of nitrogens with two attached hydrogens (primary N) is 1. The fraction of sp³-hybridized carbons (Fsp3) is 0.643. The van der Waals surface area contributed by atoms with Crippen molar-refractivity contribution in [1.29, 1.82) is 0 Å². The van der Waals surface area contributed by atoms with Gasteiger partial charge in [0.2, 0.25) is 0 Å². The lowest BCUT2D eigenvalue weighted by Crippen LogP contribution is -2.54. The molecule has 2 fully saturated rings. The van der Waals surface area contributed by atoms with Crippen molar-refractivity contribution in [3.63, 3.8) is 0 Å². The van der Waals surface area contributed by atoms with Crippen LogP contribution in [0.2, 0.25) is 0 Å². The number of aromatic nitrogens is 1. The molecule has 0 saturated carbocycles. The number of hydrazine groups is 1. The third-order valence-electron chi connectivity index (χ3n) is 4.42. The molecule has 1 aromatic heterocycles. The minimum Gasteiger partial charge on any atom is -0.308 e. The van der Waals surface area contributed by atoms with Crippen LogP contribution in [0.1, 0.15) is 25.3 Å². The highest BCUT2D eigenvalue weighted by Gasteiger charge is 2.34. The Balaban J connectivity index is 1.64. The second kappa shape index (κ2) is 5.45. The summed E-state index contributed by atoms with van der Waals surface area (Å²) >= 11 is 0. The zero-order chi connectivity index (χ0) is 13.2. The minimum atomic E-state index is 0.627. The average molecular weight is 261 g/mol.